The molecule has 2 N–H and O–H groups in total. The van der Waals surface area contributed by atoms with Crippen molar-refractivity contribution in [2.45, 2.75) is 90.4 Å². The maximum atomic E-state index is 5.68. The lowest BCUT2D eigenvalue weighted by Gasteiger charge is -2.09. The summed E-state index contributed by atoms with van der Waals surface area (Å²) >= 11 is 0. The molecule has 0 atom stereocenters. The summed E-state index contributed by atoms with van der Waals surface area (Å²) in [7, 11) is 0. The van der Waals surface area contributed by atoms with Gasteiger partial charge < -0.3 is 10.5 Å². The quantitative estimate of drug-likeness (QED) is 0.297. The first-order valence-corrected chi connectivity index (χ1v) is 8.82. The number of allylic oxidation sites excluding steroid dienone is 1. The van der Waals surface area contributed by atoms with Crippen LogP contribution in [0, 0.1) is 0 Å². The van der Waals surface area contributed by atoms with Gasteiger partial charge >= 0.3 is 0 Å². The molecule has 0 rings (SSSR count). The van der Waals surface area contributed by atoms with Crippen LogP contribution >= 0.6 is 0 Å². The number of hydrogen-bond donors (Lipinski definition) is 1. The number of hydrogen-bond acceptors (Lipinski definition) is 2. The molecule has 0 heterocycles. The molecular weight excluding hydrogens is 246 g/mol. The van der Waals surface area contributed by atoms with E-state index < -0.39 is 0 Å². The highest BCUT2D eigenvalue weighted by molar-refractivity contribution is 4.81. The van der Waals surface area contributed by atoms with Gasteiger partial charge in [-0.25, -0.2) is 0 Å². The van der Waals surface area contributed by atoms with E-state index in [2.05, 4.69) is 13.5 Å². The Bertz CT molecular complexity index is 204. The van der Waals surface area contributed by atoms with Crippen LogP contribution in [-0.4, -0.2) is 13.2 Å². The molecule has 0 aliphatic rings. The molecule has 0 aliphatic carbocycles. The minimum Gasteiger partial charge on any atom is -0.499 e. The van der Waals surface area contributed by atoms with Crippen molar-refractivity contribution < 1.29 is 4.74 Å². The minimum atomic E-state index is 0.828. The van der Waals surface area contributed by atoms with Crippen LogP contribution in [0.25, 0.3) is 0 Å². The first-order chi connectivity index (χ1) is 9.81. The number of unbranched alkanes of at least 4 members (excludes halogenated alkanes) is 10. The third-order valence-corrected chi connectivity index (χ3v) is 3.71. The molecule has 0 spiro atoms. The van der Waals surface area contributed by atoms with E-state index in [9.17, 15) is 0 Å². The summed E-state index contributed by atoms with van der Waals surface area (Å²) < 4.78 is 5.68. The van der Waals surface area contributed by atoms with Gasteiger partial charge in [-0.2, -0.15) is 0 Å². The largest absolute Gasteiger partial charge is 0.499 e. The second-order valence-electron chi connectivity index (χ2n) is 5.81. The van der Waals surface area contributed by atoms with Crippen LogP contribution in [0.1, 0.15) is 90.4 Å². The molecule has 0 aromatic carbocycles. The predicted molar refractivity (Wildman–Crippen MR) is 89.8 cm³/mol. The van der Waals surface area contributed by atoms with Crippen LogP contribution in [0.2, 0.25) is 0 Å². The lowest BCUT2D eigenvalue weighted by molar-refractivity contribution is 0.195. The minimum absolute atomic E-state index is 0.828. The SMILES string of the molecule is C=C(CCCCCCCN)OCCCCCCCCC. The van der Waals surface area contributed by atoms with E-state index in [1.165, 1.54) is 70.6 Å². The highest BCUT2D eigenvalue weighted by Crippen LogP contribution is 2.12. The molecule has 0 saturated heterocycles. The predicted octanol–water partition coefficient (Wildman–Crippen LogP) is 5.57. The van der Waals surface area contributed by atoms with Gasteiger partial charge in [0.1, 0.15) is 0 Å². The van der Waals surface area contributed by atoms with Crippen molar-refractivity contribution in [1.29, 1.82) is 0 Å². The third kappa shape index (κ3) is 15.6. The van der Waals surface area contributed by atoms with Gasteiger partial charge in [0.2, 0.25) is 0 Å². The van der Waals surface area contributed by atoms with E-state index in [0.717, 1.165) is 31.8 Å². The second-order valence-corrected chi connectivity index (χ2v) is 5.81. The molecule has 0 aromatic rings. The molecule has 120 valence electrons. The topological polar surface area (TPSA) is 35.2 Å². The average Bonchev–Trinajstić information content (AvgIpc) is 2.45. The van der Waals surface area contributed by atoms with Gasteiger partial charge in [0, 0.05) is 6.42 Å². The van der Waals surface area contributed by atoms with E-state index in [1.807, 2.05) is 0 Å². The maximum Gasteiger partial charge on any atom is 0.0888 e. The molecule has 0 radical (unpaired) electrons. The van der Waals surface area contributed by atoms with Gasteiger partial charge in [0.15, 0.2) is 0 Å². The first-order valence-electron chi connectivity index (χ1n) is 8.82. The fourth-order valence-electron chi connectivity index (χ4n) is 2.34. The van der Waals surface area contributed by atoms with Crippen LogP contribution in [0.5, 0.6) is 0 Å². The first kappa shape index (κ1) is 19.5. The van der Waals surface area contributed by atoms with Crippen molar-refractivity contribution >= 4 is 0 Å². The Morgan fingerprint density at radius 3 is 2.00 bits per heavy atom. The molecule has 0 bridgehead atoms. The van der Waals surface area contributed by atoms with Crippen LogP contribution in [0.4, 0.5) is 0 Å². The highest BCUT2D eigenvalue weighted by Gasteiger charge is 1.97. The summed E-state index contributed by atoms with van der Waals surface area (Å²) in [4.78, 5) is 0. The number of ether oxygens (including phenoxy) is 1. The van der Waals surface area contributed by atoms with Gasteiger partial charge in [-0.3, -0.25) is 0 Å². The fourth-order valence-corrected chi connectivity index (χ4v) is 2.34. The smallest absolute Gasteiger partial charge is 0.0888 e. The van der Waals surface area contributed by atoms with E-state index in [4.69, 9.17) is 10.5 Å². The van der Waals surface area contributed by atoms with Gasteiger partial charge in [0.05, 0.1) is 12.4 Å². The van der Waals surface area contributed by atoms with Gasteiger partial charge in [-0.1, -0.05) is 71.3 Å². The van der Waals surface area contributed by atoms with Crippen LogP contribution in [0.3, 0.4) is 0 Å². The maximum absolute atomic E-state index is 5.68. The molecule has 0 aliphatic heterocycles. The lowest BCUT2D eigenvalue weighted by atomic mass is 10.1. The van der Waals surface area contributed by atoms with E-state index in [0.29, 0.717) is 0 Å². The summed E-state index contributed by atoms with van der Waals surface area (Å²) in [6.07, 6.45) is 16.6. The van der Waals surface area contributed by atoms with Crippen molar-refractivity contribution in [3.8, 4) is 0 Å². The molecule has 2 nitrogen and oxygen atoms in total. The Labute approximate surface area is 127 Å². The van der Waals surface area contributed by atoms with E-state index in [1.54, 1.807) is 0 Å². The fraction of sp³-hybridized carbons (Fsp3) is 0.889. The van der Waals surface area contributed by atoms with Crippen LogP contribution < -0.4 is 5.73 Å². The monoisotopic (exact) mass is 283 g/mol. The Morgan fingerprint density at radius 1 is 0.800 bits per heavy atom. The van der Waals surface area contributed by atoms with Crippen molar-refractivity contribution in [3.05, 3.63) is 12.3 Å². The molecule has 0 aromatic heterocycles. The lowest BCUT2D eigenvalue weighted by Crippen LogP contribution is -1.98. The number of rotatable bonds is 16. The molecule has 2 heteroatoms. The van der Waals surface area contributed by atoms with Gasteiger partial charge in [0.25, 0.3) is 0 Å². The molecule has 0 amide bonds. The van der Waals surface area contributed by atoms with Crippen molar-refractivity contribution in [2.75, 3.05) is 13.2 Å². The standard InChI is InChI=1S/C18H37NO/c1-3-4-5-6-7-11-14-17-20-18(2)15-12-9-8-10-13-16-19/h2-17,19H2,1H3. The van der Waals surface area contributed by atoms with Crippen LogP contribution in [0.15, 0.2) is 12.3 Å². The van der Waals surface area contributed by atoms with E-state index in [-0.39, 0.29) is 0 Å². The zero-order valence-electron chi connectivity index (χ0n) is 13.8. The number of nitrogens with two attached hydrogens (primary N) is 1. The Hall–Kier alpha value is -0.500. The normalized spacial score (nSPS) is 10.7. The van der Waals surface area contributed by atoms with E-state index >= 15 is 0 Å². The van der Waals surface area contributed by atoms with Crippen LogP contribution in [-0.2, 0) is 4.74 Å². The summed E-state index contributed by atoms with van der Waals surface area (Å²) in [5, 5.41) is 0. The average molecular weight is 283 g/mol. The summed E-state index contributed by atoms with van der Waals surface area (Å²) in [5.74, 6) is 0.981. The van der Waals surface area contributed by atoms with Crippen molar-refractivity contribution in [3.63, 3.8) is 0 Å². The Balaban J connectivity index is 3.12. The molecule has 0 fully saturated rings. The van der Waals surface area contributed by atoms with Crippen molar-refractivity contribution in [2.24, 2.45) is 5.73 Å². The Kier molecular flexibility index (Phi) is 16.1. The van der Waals surface area contributed by atoms with Crippen molar-refractivity contribution in [1.82, 2.24) is 0 Å². The summed E-state index contributed by atoms with van der Waals surface area (Å²) in [5.41, 5.74) is 5.47. The zero-order valence-corrected chi connectivity index (χ0v) is 13.8. The third-order valence-electron chi connectivity index (χ3n) is 3.71. The second kappa shape index (κ2) is 16.6. The highest BCUT2D eigenvalue weighted by atomic mass is 16.5. The Morgan fingerprint density at radius 2 is 1.35 bits per heavy atom. The summed E-state index contributed by atoms with van der Waals surface area (Å²) in [6.45, 7) is 7.95. The van der Waals surface area contributed by atoms with Gasteiger partial charge in [-0.15, -0.1) is 0 Å². The molecule has 0 saturated carbocycles. The molecule has 0 unspecified atom stereocenters. The molecular formula is C18H37NO. The zero-order chi connectivity index (χ0) is 14.9. The molecule has 20 heavy (non-hydrogen) atoms. The summed E-state index contributed by atoms with van der Waals surface area (Å²) in [6, 6.07) is 0. The van der Waals surface area contributed by atoms with Gasteiger partial charge in [-0.05, 0) is 25.8 Å².